The van der Waals surface area contributed by atoms with Crippen LogP contribution >= 0.6 is 11.6 Å². The molecular formula is C26H16ClFN2O3. The van der Waals surface area contributed by atoms with Crippen LogP contribution in [0.25, 0.3) is 33.6 Å². The van der Waals surface area contributed by atoms with E-state index in [0.717, 1.165) is 22.3 Å². The van der Waals surface area contributed by atoms with Gasteiger partial charge < -0.3 is 14.8 Å². The van der Waals surface area contributed by atoms with E-state index in [-0.39, 0.29) is 18.3 Å². The Kier molecular flexibility index (Phi) is 4.55. The average Bonchev–Trinajstić information content (AvgIpc) is 2.83. The van der Waals surface area contributed by atoms with Crippen molar-refractivity contribution in [2.75, 3.05) is 11.9 Å². The Labute approximate surface area is 193 Å². The minimum Gasteiger partial charge on any atom is -0.488 e. The highest BCUT2D eigenvalue weighted by Gasteiger charge is 2.25. The van der Waals surface area contributed by atoms with Crippen LogP contribution < -0.4 is 14.8 Å². The van der Waals surface area contributed by atoms with Crippen molar-refractivity contribution < 1.29 is 18.7 Å². The number of benzene rings is 3. The third kappa shape index (κ3) is 3.49. The number of hydrogen-bond donors (Lipinski definition) is 1. The quantitative estimate of drug-likeness (QED) is 0.394. The van der Waals surface area contributed by atoms with Crippen molar-refractivity contribution >= 4 is 23.2 Å². The Hall–Kier alpha value is -3.90. The minimum absolute atomic E-state index is 0.00744. The van der Waals surface area contributed by atoms with Crippen LogP contribution in [-0.4, -0.2) is 17.5 Å². The van der Waals surface area contributed by atoms with Gasteiger partial charge in [0.1, 0.15) is 23.9 Å². The summed E-state index contributed by atoms with van der Waals surface area (Å²) in [6.45, 7) is 0.305. The number of nitrogens with one attached hydrogen (secondary N) is 1. The fourth-order valence-corrected chi connectivity index (χ4v) is 4.31. The lowest BCUT2D eigenvalue weighted by Crippen LogP contribution is -2.25. The van der Waals surface area contributed by atoms with Crippen molar-refractivity contribution in [3.63, 3.8) is 0 Å². The number of hydrogen-bond acceptors (Lipinski definition) is 4. The van der Waals surface area contributed by atoms with Gasteiger partial charge >= 0.3 is 0 Å². The summed E-state index contributed by atoms with van der Waals surface area (Å²) in [5.41, 5.74) is 6.05. The number of rotatable bonds is 2. The fourth-order valence-electron chi connectivity index (χ4n) is 4.18. The molecule has 0 radical (unpaired) electrons. The molecule has 33 heavy (non-hydrogen) atoms. The predicted molar refractivity (Wildman–Crippen MR) is 124 cm³/mol. The van der Waals surface area contributed by atoms with Crippen LogP contribution in [0.15, 0.2) is 66.7 Å². The molecule has 0 spiro atoms. The van der Waals surface area contributed by atoms with Gasteiger partial charge in [0.25, 0.3) is 5.91 Å². The van der Waals surface area contributed by atoms with Gasteiger partial charge in [0, 0.05) is 21.7 Å². The molecule has 2 aliphatic heterocycles. The number of fused-ring (bicyclic) bond motifs is 4. The number of anilines is 1. The maximum Gasteiger partial charge on any atom is 0.262 e. The minimum atomic E-state index is -0.362. The van der Waals surface area contributed by atoms with Crippen LogP contribution in [0, 0.1) is 5.82 Å². The zero-order valence-corrected chi connectivity index (χ0v) is 17.9. The van der Waals surface area contributed by atoms with E-state index in [2.05, 4.69) is 5.32 Å². The van der Waals surface area contributed by atoms with Gasteiger partial charge in [-0.25, -0.2) is 9.37 Å². The zero-order valence-electron chi connectivity index (χ0n) is 17.2. The van der Waals surface area contributed by atoms with Crippen molar-refractivity contribution in [2.24, 2.45) is 0 Å². The highest BCUT2D eigenvalue weighted by Crippen LogP contribution is 2.43. The molecular weight excluding hydrogens is 443 g/mol. The van der Waals surface area contributed by atoms with Gasteiger partial charge in [-0.3, -0.25) is 4.79 Å². The molecule has 0 aliphatic carbocycles. The standard InChI is InChI=1S/C26H16ClFN2O3/c27-16-4-1-14(2-5-16)18-11-21(15-3-7-24-22(9-15)29-25(31)13-33-24)30-26-19-10-17(28)6-8-23(19)32-12-20(18)26/h1-11H,12-13H2,(H,29,31). The molecule has 1 N–H and O–H groups in total. The number of amides is 1. The maximum atomic E-state index is 14.2. The first-order valence-electron chi connectivity index (χ1n) is 10.3. The molecule has 2 aliphatic rings. The summed E-state index contributed by atoms with van der Waals surface area (Å²) < 4.78 is 25.6. The Morgan fingerprint density at radius 3 is 2.45 bits per heavy atom. The van der Waals surface area contributed by atoms with Crippen molar-refractivity contribution in [3.8, 4) is 45.1 Å². The van der Waals surface area contributed by atoms with E-state index in [9.17, 15) is 9.18 Å². The predicted octanol–water partition coefficient (Wildman–Crippen LogP) is 6.10. The lowest BCUT2D eigenvalue weighted by atomic mass is 9.92. The lowest BCUT2D eigenvalue weighted by Gasteiger charge is -2.24. The fraction of sp³-hybridized carbons (Fsp3) is 0.0769. The molecule has 0 bridgehead atoms. The van der Waals surface area contributed by atoms with Crippen LogP contribution in [0.3, 0.4) is 0 Å². The SMILES string of the molecule is O=C1COc2ccc(-c3cc(-c4ccc(Cl)cc4)c4c(n3)-c3cc(F)ccc3OC4)cc2N1. The Morgan fingerprint density at radius 1 is 0.848 bits per heavy atom. The van der Waals surface area contributed by atoms with E-state index in [0.29, 0.717) is 45.8 Å². The Morgan fingerprint density at radius 2 is 1.61 bits per heavy atom. The van der Waals surface area contributed by atoms with Crippen molar-refractivity contribution in [1.82, 2.24) is 4.98 Å². The van der Waals surface area contributed by atoms with Gasteiger partial charge in [-0.1, -0.05) is 23.7 Å². The Bertz CT molecular complexity index is 1440. The van der Waals surface area contributed by atoms with Crippen molar-refractivity contribution in [3.05, 3.63) is 83.1 Å². The number of carbonyl (C=O) groups is 1. The van der Waals surface area contributed by atoms with Crippen LogP contribution in [0.2, 0.25) is 5.02 Å². The summed E-state index contributed by atoms with van der Waals surface area (Å²) in [7, 11) is 0. The summed E-state index contributed by atoms with van der Waals surface area (Å²) >= 11 is 6.11. The van der Waals surface area contributed by atoms with Gasteiger partial charge in [0.2, 0.25) is 0 Å². The average molecular weight is 459 g/mol. The van der Waals surface area contributed by atoms with Gasteiger partial charge in [0.05, 0.1) is 17.1 Å². The van der Waals surface area contributed by atoms with Crippen molar-refractivity contribution in [2.45, 2.75) is 6.61 Å². The molecule has 162 valence electrons. The molecule has 3 aromatic carbocycles. The summed E-state index contributed by atoms with van der Waals surface area (Å²) in [5, 5.41) is 3.47. The van der Waals surface area contributed by atoms with Gasteiger partial charge in [-0.2, -0.15) is 0 Å². The molecule has 1 amide bonds. The second kappa shape index (κ2) is 7.60. The van der Waals surface area contributed by atoms with E-state index in [4.69, 9.17) is 26.1 Å². The number of halogens is 2. The smallest absolute Gasteiger partial charge is 0.262 e. The Balaban J connectivity index is 1.58. The highest BCUT2D eigenvalue weighted by atomic mass is 35.5. The van der Waals surface area contributed by atoms with Crippen LogP contribution in [0.4, 0.5) is 10.1 Å². The topological polar surface area (TPSA) is 60.5 Å². The number of carbonyl (C=O) groups excluding carboxylic acids is 1. The van der Waals surface area contributed by atoms with Gasteiger partial charge in [0.15, 0.2) is 6.61 Å². The number of aromatic nitrogens is 1. The first kappa shape index (κ1) is 19.8. The molecule has 6 rings (SSSR count). The molecule has 0 saturated carbocycles. The molecule has 3 heterocycles. The van der Waals surface area contributed by atoms with Crippen LogP contribution in [0.5, 0.6) is 11.5 Å². The molecule has 1 aromatic heterocycles. The second-order valence-corrected chi connectivity index (χ2v) is 8.30. The molecule has 0 fully saturated rings. The summed E-state index contributed by atoms with van der Waals surface area (Å²) in [6.07, 6.45) is 0. The van der Waals surface area contributed by atoms with E-state index >= 15 is 0 Å². The lowest BCUT2D eigenvalue weighted by molar-refractivity contribution is -0.118. The first-order valence-corrected chi connectivity index (χ1v) is 10.7. The third-order valence-corrected chi connectivity index (χ3v) is 6.01. The van der Waals surface area contributed by atoms with Crippen LogP contribution in [-0.2, 0) is 11.4 Å². The van der Waals surface area contributed by atoms with Crippen molar-refractivity contribution in [1.29, 1.82) is 0 Å². The monoisotopic (exact) mass is 458 g/mol. The van der Waals surface area contributed by atoms with E-state index in [1.54, 1.807) is 6.07 Å². The molecule has 5 nitrogen and oxygen atoms in total. The second-order valence-electron chi connectivity index (χ2n) is 7.87. The summed E-state index contributed by atoms with van der Waals surface area (Å²) in [6, 6.07) is 19.5. The normalized spacial score (nSPS) is 13.7. The summed E-state index contributed by atoms with van der Waals surface area (Å²) in [4.78, 5) is 16.7. The molecule has 0 unspecified atom stereocenters. The molecule has 0 saturated heterocycles. The van der Waals surface area contributed by atoms with Crippen LogP contribution in [0.1, 0.15) is 5.56 Å². The maximum absolute atomic E-state index is 14.2. The first-order chi connectivity index (χ1) is 16.0. The molecule has 0 atom stereocenters. The van der Waals surface area contributed by atoms with E-state index in [1.165, 1.54) is 12.1 Å². The van der Waals surface area contributed by atoms with E-state index in [1.807, 2.05) is 48.5 Å². The molecule has 7 heteroatoms. The third-order valence-electron chi connectivity index (χ3n) is 5.76. The van der Waals surface area contributed by atoms with Gasteiger partial charge in [-0.15, -0.1) is 0 Å². The highest BCUT2D eigenvalue weighted by molar-refractivity contribution is 6.30. The number of pyridine rings is 1. The van der Waals surface area contributed by atoms with E-state index < -0.39 is 0 Å². The molecule has 4 aromatic rings. The number of ether oxygens (including phenoxy) is 2. The van der Waals surface area contributed by atoms with Gasteiger partial charge in [-0.05, 0) is 65.7 Å². The summed E-state index contributed by atoms with van der Waals surface area (Å²) in [5.74, 6) is 0.623. The number of nitrogens with zero attached hydrogens (tertiary/aromatic N) is 1. The largest absolute Gasteiger partial charge is 0.488 e. The zero-order chi connectivity index (χ0) is 22.5.